The first-order chi connectivity index (χ1) is 14.7. The number of fused-ring (bicyclic) bond motifs is 1. The molecule has 0 spiro atoms. The van der Waals surface area contributed by atoms with Crippen molar-refractivity contribution in [3.05, 3.63) is 50.5 Å². The summed E-state index contributed by atoms with van der Waals surface area (Å²) in [4.78, 5) is 49.2. The Morgan fingerprint density at radius 3 is 2.52 bits per heavy atom. The minimum Gasteiger partial charge on any atom is -0.468 e. The number of rotatable bonds is 8. The summed E-state index contributed by atoms with van der Waals surface area (Å²) in [5.74, 6) is -2.53. The van der Waals surface area contributed by atoms with Crippen molar-refractivity contribution in [2.75, 3.05) is 12.9 Å². The number of esters is 2. The third kappa shape index (κ3) is 4.28. The molecular weight excluding hydrogens is 428 g/mol. The second kappa shape index (κ2) is 9.06. The van der Waals surface area contributed by atoms with E-state index in [1.807, 2.05) is 6.92 Å². The van der Waals surface area contributed by atoms with Crippen LogP contribution in [-0.2, 0) is 30.5 Å². The largest absolute Gasteiger partial charge is 0.468 e. The van der Waals surface area contributed by atoms with Crippen molar-refractivity contribution in [3.8, 4) is 0 Å². The van der Waals surface area contributed by atoms with Crippen LogP contribution in [-0.4, -0.2) is 57.8 Å². The number of methoxy groups -OCH3 is 1. The molecular formula is C20H22N2O8S. The highest BCUT2D eigenvalue weighted by Gasteiger charge is 2.60. The van der Waals surface area contributed by atoms with E-state index in [9.17, 15) is 29.6 Å². The summed E-state index contributed by atoms with van der Waals surface area (Å²) in [5.41, 5.74) is 0.528. The molecule has 31 heavy (non-hydrogen) atoms. The molecule has 1 unspecified atom stereocenters. The molecule has 2 heterocycles. The van der Waals surface area contributed by atoms with Gasteiger partial charge < -0.3 is 19.5 Å². The zero-order chi connectivity index (χ0) is 22.9. The summed E-state index contributed by atoms with van der Waals surface area (Å²) in [6, 6.07) is 5.17. The molecule has 0 aliphatic carbocycles. The van der Waals surface area contributed by atoms with Gasteiger partial charge >= 0.3 is 11.9 Å². The van der Waals surface area contributed by atoms with Crippen LogP contribution in [0.5, 0.6) is 0 Å². The number of non-ortho nitro benzene ring substituents is 1. The van der Waals surface area contributed by atoms with Crippen LogP contribution in [0, 0.1) is 22.0 Å². The van der Waals surface area contributed by atoms with E-state index in [1.165, 1.54) is 43.2 Å². The maximum Gasteiger partial charge on any atom is 0.356 e. The van der Waals surface area contributed by atoms with E-state index in [0.29, 0.717) is 10.5 Å². The highest BCUT2D eigenvalue weighted by molar-refractivity contribution is 8.03. The second-order valence-corrected chi connectivity index (χ2v) is 8.35. The molecule has 1 fully saturated rings. The summed E-state index contributed by atoms with van der Waals surface area (Å²) >= 11 is 1.11. The van der Waals surface area contributed by atoms with Crippen molar-refractivity contribution in [2.24, 2.45) is 11.8 Å². The standard InChI is InChI=1S/C20H22N2O8S/c1-10-16-15(11(2)23)19(25)21(16)17(18(10)31-9-14(24)29-3)20(26)30-8-12-4-6-13(7-5-12)22(27)28/h4-7,10-11,15-16,23H,8-9H2,1-3H3/t10-,11?,15-,16-/m1/s1. The molecule has 11 heteroatoms. The van der Waals surface area contributed by atoms with E-state index in [2.05, 4.69) is 4.74 Å². The van der Waals surface area contributed by atoms with Crippen molar-refractivity contribution in [3.63, 3.8) is 0 Å². The molecule has 1 aromatic rings. The van der Waals surface area contributed by atoms with Gasteiger partial charge in [0.05, 0.1) is 35.8 Å². The monoisotopic (exact) mass is 450 g/mol. The third-order valence-corrected chi connectivity index (χ3v) is 6.65. The molecule has 1 saturated heterocycles. The van der Waals surface area contributed by atoms with E-state index in [0.717, 1.165) is 11.8 Å². The van der Waals surface area contributed by atoms with E-state index >= 15 is 0 Å². The zero-order valence-electron chi connectivity index (χ0n) is 17.1. The first-order valence-electron chi connectivity index (χ1n) is 9.52. The Hall–Kier alpha value is -2.92. The number of β-lactam (4-membered cyclic amide) rings is 1. The Bertz CT molecular complexity index is 943. The van der Waals surface area contributed by atoms with Crippen LogP contribution in [0.15, 0.2) is 34.9 Å². The predicted molar refractivity (Wildman–Crippen MR) is 109 cm³/mol. The summed E-state index contributed by atoms with van der Waals surface area (Å²) < 4.78 is 10.0. The van der Waals surface area contributed by atoms with Crippen LogP contribution in [0.2, 0.25) is 0 Å². The fourth-order valence-electron chi connectivity index (χ4n) is 3.83. The fraction of sp³-hybridized carbons (Fsp3) is 0.450. The molecule has 166 valence electrons. The van der Waals surface area contributed by atoms with Crippen molar-refractivity contribution < 1.29 is 33.9 Å². The van der Waals surface area contributed by atoms with Crippen LogP contribution in [0.25, 0.3) is 0 Å². The first-order valence-corrected chi connectivity index (χ1v) is 10.5. The Kier molecular flexibility index (Phi) is 6.65. The number of amides is 1. The summed E-state index contributed by atoms with van der Waals surface area (Å²) in [7, 11) is 1.26. The quantitative estimate of drug-likeness (QED) is 0.271. The lowest BCUT2D eigenvalue weighted by atomic mass is 9.79. The van der Waals surface area contributed by atoms with Gasteiger partial charge in [-0.1, -0.05) is 6.92 Å². The molecule has 10 nitrogen and oxygen atoms in total. The van der Waals surface area contributed by atoms with Gasteiger partial charge in [-0.3, -0.25) is 19.7 Å². The molecule has 0 saturated carbocycles. The van der Waals surface area contributed by atoms with Gasteiger partial charge in [0.15, 0.2) is 0 Å². The highest BCUT2D eigenvalue weighted by atomic mass is 32.2. The molecule has 2 aliphatic rings. The number of nitrogens with zero attached hydrogens (tertiary/aromatic N) is 2. The minimum absolute atomic E-state index is 0.0383. The number of carbonyl (C=O) groups is 3. The molecule has 0 aromatic heterocycles. The molecule has 0 radical (unpaired) electrons. The van der Waals surface area contributed by atoms with Gasteiger partial charge in [-0.05, 0) is 24.6 Å². The van der Waals surface area contributed by atoms with E-state index in [4.69, 9.17) is 4.74 Å². The SMILES string of the molecule is COC(=O)CSC1=C(C(=O)OCc2ccc([N+](=O)[O-])cc2)N2C(=O)[C@H](C(C)O)[C@H]2[C@H]1C. The molecule has 4 atom stereocenters. The van der Waals surface area contributed by atoms with Crippen LogP contribution in [0.3, 0.4) is 0 Å². The molecule has 1 amide bonds. The van der Waals surface area contributed by atoms with Gasteiger partial charge in [-0.2, -0.15) is 0 Å². The predicted octanol–water partition coefficient (Wildman–Crippen LogP) is 1.61. The Balaban J connectivity index is 1.80. The van der Waals surface area contributed by atoms with Crippen molar-refractivity contribution in [1.82, 2.24) is 4.90 Å². The van der Waals surface area contributed by atoms with Gasteiger partial charge in [0.2, 0.25) is 5.91 Å². The van der Waals surface area contributed by atoms with Crippen LogP contribution in [0.1, 0.15) is 19.4 Å². The van der Waals surface area contributed by atoms with E-state index in [-0.39, 0.29) is 35.6 Å². The van der Waals surface area contributed by atoms with Crippen molar-refractivity contribution >= 4 is 35.3 Å². The normalized spacial score (nSPS) is 23.2. The minimum atomic E-state index is -0.876. The topological polar surface area (TPSA) is 136 Å². The van der Waals surface area contributed by atoms with Gasteiger partial charge in [0.1, 0.15) is 12.3 Å². The number of hydrogen-bond acceptors (Lipinski definition) is 9. The molecule has 1 aromatic carbocycles. The third-order valence-electron chi connectivity index (χ3n) is 5.39. The maximum absolute atomic E-state index is 12.9. The lowest BCUT2D eigenvalue weighted by molar-refractivity contribution is -0.384. The van der Waals surface area contributed by atoms with Gasteiger partial charge in [-0.15, -0.1) is 11.8 Å². The van der Waals surface area contributed by atoms with Crippen molar-refractivity contribution in [2.45, 2.75) is 32.6 Å². The number of ether oxygens (including phenoxy) is 2. The number of aliphatic hydroxyl groups is 1. The molecule has 1 N–H and O–H groups in total. The number of benzene rings is 1. The number of thioether (sulfide) groups is 1. The van der Waals surface area contributed by atoms with Crippen LogP contribution in [0.4, 0.5) is 5.69 Å². The fourth-order valence-corrected chi connectivity index (χ4v) is 4.94. The van der Waals surface area contributed by atoms with Crippen molar-refractivity contribution in [1.29, 1.82) is 0 Å². The molecule has 3 rings (SSSR count). The zero-order valence-corrected chi connectivity index (χ0v) is 18.0. The summed E-state index contributed by atoms with van der Waals surface area (Å²) in [5, 5.41) is 20.7. The van der Waals surface area contributed by atoms with Crippen LogP contribution < -0.4 is 0 Å². The average molecular weight is 450 g/mol. The van der Waals surface area contributed by atoms with E-state index in [1.54, 1.807) is 0 Å². The summed E-state index contributed by atoms with van der Waals surface area (Å²) in [6.45, 7) is 3.21. The first kappa shape index (κ1) is 22.8. The lowest BCUT2D eigenvalue weighted by Crippen LogP contribution is -2.63. The maximum atomic E-state index is 12.9. The Morgan fingerprint density at radius 2 is 1.97 bits per heavy atom. The number of nitro groups is 1. The smallest absolute Gasteiger partial charge is 0.356 e. The molecule has 0 bridgehead atoms. The van der Waals surface area contributed by atoms with E-state index < -0.39 is 34.9 Å². The van der Waals surface area contributed by atoms with Gasteiger partial charge in [0.25, 0.3) is 5.69 Å². The average Bonchev–Trinajstić information content (AvgIpc) is 2.98. The number of hydrogen-bond donors (Lipinski definition) is 1. The lowest BCUT2D eigenvalue weighted by Gasteiger charge is -2.46. The second-order valence-electron chi connectivity index (χ2n) is 7.33. The summed E-state index contributed by atoms with van der Waals surface area (Å²) in [6.07, 6.45) is -0.876. The number of nitro benzene ring substituents is 1. The van der Waals surface area contributed by atoms with Crippen LogP contribution >= 0.6 is 11.8 Å². The van der Waals surface area contributed by atoms with Gasteiger partial charge in [-0.25, -0.2) is 4.79 Å². The van der Waals surface area contributed by atoms with Gasteiger partial charge in [0, 0.05) is 23.0 Å². The Morgan fingerprint density at radius 1 is 1.32 bits per heavy atom. The molecule has 2 aliphatic heterocycles. The highest BCUT2D eigenvalue weighted by Crippen LogP contribution is 2.50. The number of carbonyl (C=O) groups excluding carboxylic acids is 3. The Labute approximate surface area is 182 Å². The number of aliphatic hydroxyl groups excluding tert-OH is 1.